The zero-order valence-corrected chi connectivity index (χ0v) is 22.1. The Hall–Kier alpha value is -3.17. The van der Waals surface area contributed by atoms with Crippen LogP contribution in [0.25, 0.3) is 17.1 Å². The number of anilines is 1. The molecule has 0 aliphatic rings. The number of benzene rings is 3. The van der Waals surface area contributed by atoms with Gasteiger partial charge in [0.15, 0.2) is 11.0 Å². The van der Waals surface area contributed by atoms with Crippen LogP contribution in [0.2, 0.25) is 10.0 Å². The molecule has 36 heavy (non-hydrogen) atoms. The smallest absolute Gasteiger partial charge is 0.275 e. The molecule has 5 aromatic rings. The minimum absolute atomic E-state index is 0.244. The van der Waals surface area contributed by atoms with Crippen molar-refractivity contribution in [2.45, 2.75) is 17.8 Å². The van der Waals surface area contributed by atoms with Gasteiger partial charge in [-0.05, 0) is 43.3 Å². The van der Waals surface area contributed by atoms with Crippen molar-refractivity contribution in [3.63, 3.8) is 0 Å². The van der Waals surface area contributed by atoms with Gasteiger partial charge < -0.3 is 5.32 Å². The molecule has 0 aliphatic carbocycles. The van der Waals surface area contributed by atoms with Crippen molar-refractivity contribution in [1.82, 2.24) is 19.7 Å². The number of amides is 1. The van der Waals surface area contributed by atoms with Gasteiger partial charge in [0.05, 0.1) is 21.5 Å². The number of hydrogen-bond donors (Lipinski definition) is 1. The van der Waals surface area contributed by atoms with Crippen molar-refractivity contribution in [3.8, 4) is 17.1 Å². The van der Waals surface area contributed by atoms with E-state index in [1.54, 1.807) is 5.38 Å². The summed E-state index contributed by atoms with van der Waals surface area (Å²) >= 11 is 15.9. The molecule has 1 amide bonds. The highest BCUT2D eigenvalue weighted by atomic mass is 35.5. The third kappa shape index (κ3) is 5.32. The van der Waals surface area contributed by atoms with E-state index in [0.29, 0.717) is 32.5 Å². The average Bonchev–Trinajstić information content (AvgIpc) is 3.52. The number of thioether (sulfide) groups is 1. The van der Waals surface area contributed by atoms with Gasteiger partial charge in [-0.3, -0.25) is 9.36 Å². The second-order valence-electron chi connectivity index (χ2n) is 7.81. The topological polar surface area (TPSA) is 72.7 Å². The van der Waals surface area contributed by atoms with E-state index in [4.69, 9.17) is 23.2 Å². The monoisotopic (exact) mass is 551 g/mol. The Labute approximate surface area is 226 Å². The molecule has 0 fully saturated rings. The summed E-state index contributed by atoms with van der Waals surface area (Å²) in [4.78, 5) is 17.1. The summed E-state index contributed by atoms with van der Waals surface area (Å²) in [5.74, 6) is 0.855. The van der Waals surface area contributed by atoms with Gasteiger partial charge in [0.2, 0.25) is 0 Å². The van der Waals surface area contributed by atoms with Gasteiger partial charge in [0.25, 0.3) is 5.91 Å². The molecule has 6 nitrogen and oxygen atoms in total. The standard InChI is InChI=1S/C26H19Cl2N5OS2/c1-16-10-12-17(13-11-16)29-25(34)21-14-35-23(30-21)15-36-26-32-31-24(18-6-2-3-7-19(18)27)33(26)22-9-5-4-8-20(22)28/h2-14H,15H2,1H3,(H,29,34). The maximum absolute atomic E-state index is 12.6. The number of carbonyl (C=O) groups is 1. The summed E-state index contributed by atoms with van der Waals surface area (Å²) in [5.41, 5.74) is 3.74. The lowest BCUT2D eigenvalue weighted by Gasteiger charge is -2.12. The van der Waals surface area contributed by atoms with E-state index in [0.717, 1.165) is 27.5 Å². The van der Waals surface area contributed by atoms with Crippen molar-refractivity contribution in [1.29, 1.82) is 0 Å². The minimum Gasteiger partial charge on any atom is -0.321 e. The van der Waals surface area contributed by atoms with E-state index >= 15 is 0 Å². The average molecular weight is 553 g/mol. The Balaban J connectivity index is 1.38. The zero-order valence-electron chi connectivity index (χ0n) is 19.0. The van der Waals surface area contributed by atoms with Gasteiger partial charge in [-0.2, -0.15) is 0 Å². The summed E-state index contributed by atoms with van der Waals surface area (Å²) in [7, 11) is 0. The molecule has 10 heteroatoms. The zero-order chi connectivity index (χ0) is 25.1. The fourth-order valence-corrected chi connectivity index (χ4v) is 5.65. The molecule has 0 radical (unpaired) electrons. The van der Waals surface area contributed by atoms with Gasteiger partial charge in [-0.25, -0.2) is 4.98 Å². The molecule has 3 aromatic carbocycles. The molecule has 0 saturated heterocycles. The first-order chi connectivity index (χ1) is 17.5. The first kappa shape index (κ1) is 24.5. The molecule has 0 spiro atoms. The molecule has 5 rings (SSSR count). The Kier molecular flexibility index (Phi) is 7.38. The van der Waals surface area contributed by atoms with Crippen LogP contribution in [0.4, 0.5) is 5.69 Å². The number of thiazole rings is 1. The molecule has 2 aromatic heterocycles. The third-order valence-electron chi connectivity index (χ3n) is 5.26. The number of nitrogens with zero attached hydrogens (tertiary/aromatic N) is 4. The van der Waals surface area contributed by atoms with E-state index in [9.17, 15) is 4.79 Å². The van der Waals surface area contributed by atoms with E-state index in [1.165, 1.54) is 23.1 Å². The highest BCUT2D eigenvalue weighted by Gasteiger charge is 2.20. The number of carbonyl (C=O) groups excluding carboxylic acids is 1. The predicted molar refractivity (Wildman–Crippen MR) is 148 cm³/mol. The van der Waals surface area contributed by atoms with Gasteiger partial charge in [0, 0.05) is 16.6 Å². The summed E-state index contributed by atoms with van der Waals surface area (Å²) in [5, 5.41) is 16.1. The van der Waals surface area contributed by atoms with Gasteiger partial charge in [-0.15, -0.1) is 21.5 Å². The van der Waals surface area contributed by atoms with Crippen molar-refractivity contribution in [2.75, 3.05) is 5.32 Å². The molecule has 0 bridgehead atoms. The van der Waals surface area contributed by atoms with Crippen LogP contribution in [0, 0.1) is 6.92 Å². The number of aryl methyl sites for hydroxylation is 1. The molecule has 0 saturated carbocycles. The van der Waals surface area contributed by atoms with Crippen LogP contribution >= 0.6 is 46.3 Å². The second kappa shape index (κ2) is 10.8. The van der Waals surface area contributed by atoms with Crippen molar-refractivity contribution >= 4 is 57.9 Å². The Morgan fingerprint density at radius 2 is 1.69 bits per heavy atom. The first-order valence-corrected chi connectivity index (χ1v) is 13.5. The molecule has 0 aliphatic heterocycles. The lowest BCUT2D eigenvalue weighted by Crippen LogP contribution is -2.12. The van der Waals surface area contributed by atoms with E-state index in [-0.39, 0.29) is 5.91 Å². The van der Waals surface area contributed by atoms with Crippen molar-refractivity contribution < 1.29 is 4.79 Å². The Bertz CT molecular complexity index is 1530. The molecule has 0 unspecified atom stereocenters. The first-order valence-electron chi connectivity index (χ1n) is 10.9. The van der Waals surface area contributed by atoms with E-state index < -0.39 is 0 Å². The highest BCUT2D eigenvalue weighted by Crippen LogP contribution is 2.35. The number of halogens is 2. The SMILES string of the molecule is Cc1ccc(NC(=O)c2csc(CSc3nnc(-c4ccccc4Cl)n3-c3ccccc3Cl)n2)cc1. The van der Waals surface area contributed by atoms with Crippen molar-refractivity contribution in [3.05, 3.63) is 104 Å². The summed E-state index contributed by atoms with van der Waals surface area (Å²) < 4.78 is 1.90. The molecular formula is C26H19Cl2N5OS2. The van der Waals surface area contributed by atoms with Crippen molar-refractivity contribution in [2.24, 2.45) is 0 Å². The Morgan fingerprint density at radius 3 is 2.44 bits per heavy atom. The maximum atomic E-state index is 12.6. The normalized spacial score (nSPS) is 11.0. The number of aromatic nitrogens is 4. The molecular weight excluding hydrogens is 533 g/mol. The van der Waals surface area contributed by atoms with Crippen LogP contribution in [-0.2, 0) is 5.75 Å². The predicted octanol–water partition coefficient (Wildman–Crippen LogP) is 7.55. The largest absolute Gasteiger partial charge is 0.321 e. The maximum Gasteiger partial charge on any atom is 0.275 e. The quantitative estimate of drug-likeness (QED) is 0.211. The van der Waals surface area contributed by atoms with Gasteiger partial charge >= 0.3 is 0 Å². The molecule has 180 valence electrons. The molecule has 0 atom stereocenters. The van der Waals surface area contributed by atoms with Crippen LogP contribution in [0.1, 0.15) is 21.1 Å². The summed E-state index contributed by atoms with van der Waals surface area (Å²) in [6.45, 7) is 2.00. The van der Waals surface area contributed by atoms with Gasteiger partial charge in [0.1, 0.15) is 10.7 Å². The third-order valence-corrected chi connectivity index (χ3v) is 7.88. The van der Waals surface area contributed by atoms with Crippen LogP contribution in [-0.4, -0.2) is 25.7 Å². The highest BCUT2D eigenvalue weighted by molar-refractivity contribution is 7.98. The lowest BCUT2D eigenvalue weighted by molar-refractivity contribution is 0.102. The second-order valence-corrected chi connectivity index (χ2v) is 10.5. The number of hydrogen-bond acceptors (Lipinski definition) is 6. The molecule has 2 heterocycles. The molecule has 1 N–H and O–H groups in total. The Morgan fingerprint density at radius 1 is 0.972 bits per heavy atom. The number of rotatable bonds is 7. The minimum atomic E-state index is -0.244. The van der Waals surface area contributed by atoms with Crippen LogP contribution < -0.4 is 5.32 Å². The fourth-order valence-electron chi connectivity index (χ4n) is 3.47. The lowest BCUT2D eigenvalue weighted by atomic mass is 10.2. The van der Waals surface area contributed by atoms with E-state index in [1.807, 2.05) is 84.3 Å². The summed E-state index contributed by atoms with van der Waals surface area (Å²) in [6.07, 6.45) is 0. The van der Waals surface area contributed by atoms with Crippen LogP contribution in [0.5, 0.6) is 0 Å². The van der Waals surface area contributed by atoms with Crippen LogP contribution in [0.3, 0.4) is 0 Å². The fraction of sp³-hybridized carbons (Fsp3) is 0.0769. The number of nitrogens with one attached hydrogen (secondary N) is 1. The number of para-hydroxylation sites is 1. The summed E-state index contributed by atoms with van der Waals surface area (Å²) in [6, 6.07) is 22.6. The van der Waals surface area contributed by atoms with Gasteiger partial charge in [-0.1, -0.05) is 76.9 Å². The van der Waals surface area contributed by atoms with Crippen LogP contribution in [0.15, 0.2) is 83.3 Å². The van der Waals surface area contributed by atoms with E-state index in [2.05, 4.69) is 20.5 Å².